The smallest absolute Gasteiger partial charge is 0.312 e. The molecule has 1 rings (SSSR count). The molecule has 0 aliphatic carbocycles. The number of aromatic amines is 1. The van der Waals surface area contributed by atoms with Crippen LogP contribution >= 0.6 is 0 Å². The number of nitrogens with two attached hydrogens (primary N) is 1. The number of carbonyl (C=O) groups is 1. The summed E-state index contributed by atoms with van der Waals surface area (Å²) in [4.78, 5) is 17.4. The molecule has 0 bridgehead atoms. The minimum Gasteiger partial charge on any atom is -0.352 e. The summed E-state index contributed by atoms with van der Waals surface area (Å²) in [5, 5.41) is 5.62. The lowest BCUT2D eigenvalue weighted by Crippen LogP contribution is -2.35. The normalized spacial score (nSPS) is 10.1. The van der Waals surface area contributed by atoms with Gasteiger partial charge in [-0.3, -0.25) is 0 Å². The third-order valence-corrected chi connectivity index (χ3v) is 1.83. The van der Waals surface area contributed by atoms with E-state index in [1.54, 1.807) is 6.33 Å². The lowest BCUT2D eigenvalue weighted by Gasteiger charge is -2.03. The molecule has 14 heavy (non-hydrogen) atoms. The van der Waals surface area contributed by atoms with E-state index in [0.717, 1.165) is 11.4 Å². The van der Waals surface area contributed by atoms with Crippen LogP contribution in [0.5, 0.6) is 0 Å². The number of nitrogens with one attached hydrogen (secondary N) is 3. The summed E-state index contributed by atoms with van der Waals surface area (Å²) in [6, 6.07) is -0.497. The monoisotopic (exact) mass is 197 g/mol. The minimum atomic E-state index is -0.497. The van der Waals surface area contributed by atoms with Gasteiger partial charge in [0, 0.05) is 25.3 Å². The van der Waals surface area contributed by atoms with Gasteiger partial charge in [-0.05, 0) is 6.92 Å². The van der Waals surface area contributed by atoms with Crippen molar-refractivity contribution in [3.63, 3.8) is 0 Å². The highest BCUT2D eigenvalue weighted by Crippen LogP contribution is 1.98. The lowest BCUT2D eigenvalue weighted by atomic mass is 10.3. The van der Waals surface area contributed by atoms with Crippen molar-refractivity contribution in [1.82, 2.24) is 20.6 Å². The second-order valence-electron chi connectivity index (χ2n) is 2.94. The van der Waals surface area contributed by atoms with Crippen LogP contribution in [0.4, 0.5) is 4.79 Å². The Bertz CT molecular complexity index is 296. The highest BCUT2D eigenvalue weighted by atomic mass is 16.2. The number of amides is 2. The van der Waals surface area contributed by atoms with Crippen LogP contribution < -0.4 is 16.4 Å². The Kier molecular flexibility index (Phi) is 3.93. The minimum absolute atomic E-state index is 0.497. The SMILES string of the molecule is Cc1[nH]cnc1CNCCNC(N)=O. The average Bonchev–Trinajstić information content (AvgIpc) is 2.51. The second-order valence-corrected chi connectivity index (χ2v) is 2.94. The van der Waals surface area contributed by atoms with Crippen molar-refractivity contribution in [3.05, 3.63) is 17.7 Å². The first kappa shape index (κ1) is 10.5. The fraction of sp³-hybridized carbons (Fsp3) is 0.500. The fourth-order valence-electron chi connectivity index (χ4n) is 1.05. The summed E-state index contributed by atoms with van der Waals surface area (Å²) < 4.78 is 0. The van der Waals surface area contributed by atoms with Gasteiger partial charge in [-0.25, -0.2) is 9.78 Å². The maximum atomic E-state index is 10.3. The molecule has 0 unspecified atom stereocenters. The molecule has 78 valence electrons. The molecule has 0 atom stereocenters. The van der Waals surface area contributed by atoms with E-state index in [9.17, 15) is 4.79 Å². The first-order valence-corrected chi connectivity index (χ1v) is 4.43. The number of hydrogen-bond acceptors (Lipinski definition) is 3. The zero-order valence-electron chi connectivity index (χ0n) is 8.13. The summed E-state index contributed by atoms with van der Waals surface area (Å²) in [5.74, 6) is 0. The van der Waals surface area contributed by atoms with Crippen LogP contribution in [0.25, 0.3) is 0 Å². The van der Waals surface area contributed by atoms with Crippen molar-refractivity contribution in [2.75, 3.05) is 13.1 Å². The van der Waals surface area contributed by atoms with E-state index in [0.29, 0.717) is 19.6 Å². The number of H-pyrrole nitrogens is 1. The molecule has 6 nitrogen and oxygen atoms in total. The summed E-state index contributed by atoms with van der Waals surface area (Å²) >= 11 is 0. The Morgan fingerprint density at radius 2 is 2.43 bits per heavy atom. The standard InChI is InChI=1S/C8H15N5O/c1-6-7(13-5-12-6)4-10-2-3-11-8(9)14/h5,10H,2-4H2,1H3,(H,12,13)(H3,9,11,14). The number of nitrogens with zero attached hydrogens (tertiary/aromatic N) is 1. The molecular formula is C8H15N5O. The molecule has 0 aromatic carbocycles. The molecule has 0 aliphatic heterocycles. The maximum Gasteiger partial charge on any atom is 0.312 e. The number of carbonyl (C=O) groups excluding carboxylic acids is 1. The van der Waals surface area contributed by atoms with Gasteiger partial charge in [0.2, 0.25) is 0 Å². The van der Waals surface area contributed by atoms with E-state index in [-0.39, 0.29) is 0 Å². The molecule has 1 aromatic rings. The molecule has 1 heterocycles. The number of rotatable bonds is 5. The highest BCUT2D eigenvalue weighted by molar-refractivity contribution is 5.71. The van der Waals surface area contributed by atoms with Gasteiger partial charge < -0.3 is 21.4 Å². The number of aromatic nitrogens is 2. The second kappa shape index (κ2) is 5.23. The van der Waals surface area contributed by atoms with Gasteiger partial charge in [0.1, 0.15) is 0 Å². The fourth-order valence-corrected chi connectivity index (χ4v) is 1.05. The van der Waals surface area contributed by atoms with Crippen LogP contribution in [0.3, 0.4) is 0 Å². The molecule has 2 amide bonds. The predicted octanol–water partition coefficient (Wildman–Crippen LogP) is -0.524. The van der Waals surface area contributed by atoms with Crippen LogP contribution in [-0.4, -0.2) is 29.1 Å². The Morgan fingerprint density at radius 1 is 1.64 bits per heavy atom. The molecule has 6 heteroatoms. The lowest BCUT2D eigenvalue weighted by molar-refractivity contribution is 0.249. The van der Waals surface area contributed by atoms with Crippen molar-refractivity contribution in [1.29, 1.82) is 0 Å². The first-order valence-electron chi connectivity index (χ1n) is 4.43. The summed E-state index contributed by atoms with van der Waals surface area (Å²) in [5.41, 5.74) is 6.94. The molecule has 0 aliphatic rings. The van der Waals surface area contributed by atoms with Gasteiger partial charge in [0.05, 0.1) is 12.0 Å². The summed E-state index contributed by atoms with van der Waals surface area (Å²) in [6.45, 7) is 3.86. The van der Waals surface area contributed by atoms with E-state index in [1.165, 1.54) is 0 Å². The van der Waals surface area contributed by atoms with Crippen LogP contribution in [0.15, 0.2) is 6.33 Å². The van der Waals surface area contributed by atoms with Crippen molar-refractivity contribution in [2.45, 2.75) is 13.5 Å². The number of aryl methyl sites for hydroxylation is 1. The largest absolute Gasteiger partial charge is 0.352 e. The van der Waals surface area contributed by atoms with Gasteiger partial charge in [0.25, 0.3) is 0 Å². The average molecular weight is 197 g/mol. The molecule has 0 radical (unpaired) electrons. The maximum absolute atomic E-state index is 10.3. The van der Waals surface area contributed by atoms with E-state index >= 15 is 0 Å². The third-order valence-electron chi connectivity index (χ3n) is 1.83. The van der Waals surface area contributed by atoms with Gasteiger partial charge in [-0.1, -0.05) is 0 Å². The predicted molar refractivity (Wildman–Crippen MR) is 52.6 cm³/mol. The van der Waals surface area contributed by atoms with Crippen molar-refractivity contribution in [2.24, 2.45) is 5.73 Å². The van der Waals surface area contributed by atoms with Gasteiger partial charge in [0.15, 0.2) is 0 Å². The summed E-state index contributed by atoms with van der Waals surface area (Å²) in [7, 11) is 0. The molecule has 0 saturated carbocycles. The number of hydrogen-bond donors (Lipinski definition) is 4. The molecular weight excluding hydrogens is 182 g/mol. The number of imidazole rings is 1. The van der Waals surface area contributed by atoms with Crippen LogP contribution in [0.1, 0.15) is 11.4 Å². The van der Waals surface area contributed by atoms with Crippen LogP contribution in [-0.2, 0) is 6.54 Å². The van der Waals surface area contributed by atoms with Crippen LogP contribution in [0, 0.1) is 6.92 Å². The Balaban J connectivity index is 2.10. The van der Waals surface area contributed by atoms with Crippen molar-refractivity contribution in [3.8, 4) is 0 Å². The number of urea groups is 1. The van der Waals surface area contributed by atoms with Gasteiger partial charge in [-0.2, -0.15) is 0 Å². The zero-order chi connectivity index (χ0) is 10.4. The quantitative estimate of drug-likeness (QED) is 0.478. The van der Waals surface area contributed by atoms with Gasteiger partial charge in [-0.15, -0.1) is 0 Å². The zero-order valence-corrected chi connectivity index (χ0v) is 8.13. The van der Waals surface area contributed by atoms with E-state index in [2.05, 4.69) is 20.6 Å². The molecule has 5 N–H and O–H groups in total. The molecule has 1 aromatic heterocycles. The van der Waals surface area contributed by atoms with Crippen molar-refractivity contribution >= 4 is 6.03 Å². The first-order chi connectivity index (χ1) is 6.70. The Morgan fingerprint density at radius 3 is 3.00 bits per heavy atom. The van der Waals surface area contributed by atoms with Gasteiger partial charge >= 0.3 is 6.03 Å². The Hall–Kier alpha value is -1.56. The molecule has 0 fully saturated rings. The van der Waals surface area contributed by atoms with E-state index < -0.39 is 6.03 Å². The Labute approximate surface area is 82.3 Å². The highest BCUT2D eigenvalue weighted by Gasteiger charge is 1.99. The number of primary amides is 1. The molecule has 0 spiro atoms. The van der Waals surface area contributed by atoms with Crippen LogP contribution in [0.2, 0.25) is 0 Å². The molecule has 0 saturated heterocycles. The van der Waals surface area contributed by atoms with E-state index in [1.807, 2.05) is 6.92 Å². The van der Waals surface area contributed by atoms with Crippen molar-refractivity contribution < 1.29 is 4.79 Å². The van der Waals surface area contributed by atoms with E-state index in [4.69, 9.17) is 5.73 Å². The summed E-state index contributed by atoms with van der Waals surface area (Å²) in [6.07, 6.45) is 1.66. The topological polar surface area (TPSA) is 95.8 Å². The third kappa shape index (κ3) is 3.44.